The van der Waals surface area contributed by atoms with Gasteiger partial charge in [-0.2, -0.15) is 0 Å². The third-order valence-corrected chi connectivity index (χ3v) is 2.39. The summed E-state index contributed by atoms with van der Waals surface area (Å²) in [6.07, 6.45) is 2.00. The zero-order valence-corrected chi connectivity index (χ0v) is 10.9. The molecule has 1 amide bonds. The number of alkyl carbamates (subject to hydrolysis) is 1. The van der Waals surface area contributed by atoms with E-state index in [1.807, 2.05) is 20.8 Å². The highest BCUT2D eigenvalue weighted by Gasteiger charge is 2.47. The van der Waals surface area contributed by atoms with Gasteiger partial charge in [0.05, 0.1) is 5.60 Å². The first-order valence-electron chi connectivity index (χ1n) is 5.75. The predicted molar refractivity (Wildman–Crippen MR) is 62.2 cm³/mol. The normalized spacial score (nSPS) is 19.1. The van der Waals surface area contributed by atoms with Gasteiger partial charge >= 0.3 is 6.09 Å². The number of amides is 1. The van der Waals surface area contributed by atoms with Gasteiger partial charge in [-0.15, -0.1) is 0 Å². The van der Waals surface area contributed by atoms with E-state index < -0.39 is 17.3 Å². The van der Waals surface area contributed by atoms with Crippen LogP contribution in [0.4, 0.5) is 4.79 Å². The van der Waals surface area contributed by atoms with Crippen molar-refractivity contribution in [3.05, 3.63) is 0 Å². The fourth-order valence-corrected chi connectivity index (χ4v) is 1.85. The Hall–Kier alpha value is -0.770. The van der Waals surface area contributed by atoms with Crippen LogP contribution in [0.2, 0.25) is 0 Å². The lowest BCUT2D eigenvalue weighted by molar-refractivity contribution is 0.0364. The molecule has 1 aliphatic rings. The van der Waals surface area contributed by atoms with Crippen molar-refractivity contribution in [3.8, 4) is 0 Å². The summed E-state index contributed by atoms with van der Waals surface area (Å²) in [6, 6.07) is 0. The lowest BCUT2D eigenvalue weighted by atomic mass is 9.97. The third-order valence-electron chi connectivity index (χ3n) is 2.39. The fraction of sp³-hybridized carbons (Fsp3) is 0.917. The maximum absolute atomic E-state index is 11.6. The van der Waals surface area contributed by atoms with Gasteiger partial charge in [0.25, 0.3) is 0 Å². The molecule has 0 heterocycles. The van der Waals surface area contributed by atoms with Gasteiger partial charge < -0.3 is 15.2 Å². The average Bonchev–Trinajstić information content (AvgIpc) is 2.58. The summed E-state index contributed by atoms with van der Waals surface area (Å²) in [7, 11) is 0. The van der Waals surface area contributed by atoms with E-state index in [2.05, 4.69) is 5.32 Å². The maximum atomic E-state index is 11.6. The average molecular weight is 229 g/mol. The molecule has 2 N–H and O–H groups in total. The van der Waals surface area contributed by atoms with Crippen molar-refractivity contribution in [1.82, 2.24) is 5.32 Å². The first kappa shape index (κ1) is 13.3. The van der Waals surface area contributed by atoms with Crippen molar-refractivity contribution in [3.63, 3.8) is 0 Å². The highest BCUT2D eigenvalue weighted by atomic mass is 16.6. The van der Waals surface area contributed by atoms with Crippen molar-refractivity contribution in [2.75, 3.05) is 0 Å². The molecule has 0 bridgehead atoms. The van der Waals surface area contributed by atoms with E-state index in [0.29, 0.717) is 6.42 Å². The van der Waals surface area contributed by atoms with Crippen LogP contribution in [0.3, 0.4) is 0 Å². The molecule has 94 valence electrons. The first-order valence-corrected chi connectivity index (χ1v) is 5.75. The van der Waals surface area contributed by atoms with Crippen molar-refractivity contribution < 1.29 is 14.6 Å². The smallest absolute Gasteiger partial charge is 0.408 e. The Morgan fingerprint density at radius 3 is 2.12 bits per heavy atom. The van der Waals surface area contributed by atoms with Crippen molar-refractivity contribution in [2.45, 2.75) is 70.6 Å². The standard InChI is InChI=1S/C12H23NO3/c1-10(2,3)16-9(14)13-12(6-7-12)8-11(4,5)15/h15H,6-8H2,1-5H3,(H,13,14). The molecule has 0 aromatic rings. The highest BCUT2D eigenvalue weighted by Crippen LogP contribution is 2.42. The van der Waals surface area contributed by atoms with Crippen LogP contribution in [0, 0.1) is 0 Å². The molecule has 0 aromatic carbocycles. The van der Waals surface area contributed by atoms with Crippen LogP contribution in [-0.2, 0) is 4.74 Å². The molecule has 16 heavy (non-hydrogen) atoms. The molecule has 4 heteroatoms. The summed E-state index contributed by atoms with van der Waals surface area (Å²) < 4.78 is 5.20. The Kier molecular flexibility index (Phi) is 3.25. The van der Waals surface area contributed by atoms with Crippen LogP contribution < -0.4 is 5.32 Å². The summed E-state index contributed by atoms with van der Waals surface area (Å²) in [4.78, 5) is 11.6. The maximum Gasteiger partial charge on any atom is 0.408 e. The van der Waals surface area contributed by atoms with E-state index >= 15 is 0 Å². The van der Waals surface area contributed by atoms with Crippen LogP contribution in [0.1, 0.15) is 53.9 Å². The minimum Gasteiger partial charge on any atom is -0.444 e. The summed E-state index contributed by atoms with van der Waals surface area (Å²) in [5.74, 6) is 0. The Morgan fingerprint density at radius 1 is 1.31 bits per heavy atom. The van der Waals surface area contributed by atoms with Crippen molar-refractivity contribution in [1.29, 1.82) is 0 Å². The van der Waals surface area contributed by atoms with E-state index in [9.17, 15) is 9.90 Å². The lowest BCUT2D eigenvalue weighted by Gasteiger charge is -2.27. The van der Waals surface area contributed by atoms with Gasteiger partial charge in [0, 0.05) is 5.54 Å². The Labute approximate surface area is 97.4 Å². The van der Waals surface area contributed by atoms with E-state index in [-0.39, 0.29) is 5.54 Å². The monoisotopic (exact) mass is 229 g/mol. The number of rotatable bonds is 3. The SMILES string of the molecule is CC(C)(O)CC1(NC(=O)OC(C)(C)C)CC1. The molecule has 1 rings (SSSR count). The van der Waals surface area contributed by atoms with E-state index in [1.54, 1.807) is 13.8 Å². The Bertz CT molecular complexity index is 269. The molecule has 0 radical (unpaired) electrons. The topological polar surface area (TPSA) is 58.6 Å². The van der Waals surface area contributed by atoms with Crippen LogP contribution in [0.25, 0.3) is 0 Å². The molecule has 0 saturated heterocycles. The molecule has 0 aromatic heterocycles. The first-order chi connectivity index (χ1) is 7.02. The quantitative estimate of drug-likeness (QED) is 0.780. The summed E-state index contributed by atoms with van der Waals surface area (Å²) in [5, 5.41) is 12.6. The molecular formula is C12H23NO3. The zero-order chi connectivity index (χ0) is 12.6. The third kappa shape index (κ3) is 4.84. The minimum atomic E-state index is -0.758. The lowest BCUT2D eigenvalue weighted by Crippen LogP contribution is -2.44. The number of nitrogens with one attached hydrogen (secondary N) is 1. The van der Waals surface area contributed by atoms with Crippen molar-refractivity contribution in [2.24, 2.45) is 0 Å². The minimum absolute atomic E-state index is 0.249. The van der Waals surface area contributed by atoms with E-state index in [0.717, 1.165) is 12.8 Å². The van der Waals surface area contributed by atoms with Gasteiger partial charge in [-0.05, 0) is 53.9 Å². The van der Waals surface area contributed by atoms with Gasteiger partial charge in [-0.3, -0.25) is 0 Å². The molecule has 4 nitrogen and oxygen atoms in total. The second-order valence-electron chi connectivity index (χ2n) is 6.40. The molecule has 1 aliphatic carbocycles. The molecule has 0 spiro atoms. The second kappa shape index (κ2) is 3.91. The predicted octanol–water partition coefficient (Wildman–Crippen LogP) is 2.20. The van der Waals surface area contributed by atoms with Gasteiger partial charge in [0.15, 0.2) is 0 Å². The molecule has 0 atom stereocenters. The second-order valence-corrected chi connectivity index (χ2v) is 6.40. The van der Waals surface area contributed by atoms with Crippen LogP contribution >= 0.6 is 0 Å². The molecule has 1 saturated carbocycles. The van der Waals surface area contributed by atoms with Crippen LogP contribution in [-0.4, -0.2) is 27.9 Å². The number of ether oxygens (including phenoxy) is 1. The van der Waals surface area contributed by atoms with Crippen LogP contribution in [0.5, 0.6) is 0 Å². The van der Waals surface area contributed by atoms with Gasteiger partial charge in [-0.25, -0.2) is 4.79 Å². The molecule has 0 aliphatic heterocycles. The van der Waals surface area contributed by atoms with Crippen molar-refractivity contribution >= 4 is 6.09 Å². The largest absolute Gasteiger partial charge is 0.444 e. The summed E-state index contributed by atoms with van der Waals surface area (Å²) in [6.45, 7) is 9.01. The highest BCUT2D eigenvalue weighted by molar-refractivity contribution is 5.69. The van der Waals surface area contributed by atoms with E-state index in [1.165, 1.54) is 0 Å². The zero-order valence-electron chi connectivity index (χ0n) is 10.9. The van der Waals surface area contributed by atoms with Crippen LogP contribution in [0.15, 0.2) is 0 Å². The number of carbonyl (C=O) groups excluding carboxylic acids is 1. The van der Waals surface area contributed by atoms with Gasteiger partial charge in [-0.1, -0.05) is 0 Å². The van der Waals surface area contributed by atoms with E-state index in [4.69, 9.17) is 4.74 Å². The molecular weight excluding hydrogens is 206 g/mol. The summed E-state index contributed by atoms with van der Waals surface area (Å²) in [5.41, 5.74) is -1.49. The van der Waals surface area contributed by atoms with Gasteiger partial charge in [0.2, 0.25) is 0 Å². The number of aliphatic hydroxyl groups is 1. The van der Waals surface area contributed by atoms with Gasteiger partial charge in [0.1, 0.15) is 5.60 Å². The Morgan fingerprint density at radius 2 is 1.81 bits per heavy atom. The fourth-order valence-electron chi connectivity index (χ4n) is 1.85. The Balaban J connectivity index is 2.45. The molecule has 0 unspecified atom stereocenters. The summed E-state index contributed by atoms with van der Waals surface area (Å²) >= 11 is 0. The molecule has 1 fully saturated rings. The number of carbonyl (C=O) groups is 1. The number of hydrogen-bond donors (Lipinski definition) is 2. The number of hydrogen-bond acceptors (Lipinski definition) is 3.